The molecule has 2 atom stereocenters. The van der Waals surface area contributed by atoms with Gasteiger partial charge in [-0.1, -0.05) is 24.3 Å². The summed E-state index contributed by atoms with van der Waals surface area (Å²) in [4.78, 5) is 0. The first-order valence-corrected chi connectivity index (χ1v) is 5.38. The summed E-state index contributed by atoms with van der Waals surface area (Å²) in [6, 6.07) is 6.29. The monoisotopic (exact) mass is 214 g/mol. The van der Waals surface area contributed by atoms with Crippen LogP contribution in [0.4, 0.5) is 5.69 Å². The average Bonchev–Trinajstić information content (AvgIpc) is 2.64. The summed E-state index contributed by atoms with van der Waals surface area (Å²) in [6.07, 6.45) is 8.45. The van der Waals surface area contributed by atoms with Crippen LogP contribution in [-0.2, 0) is 0 Å². The van der Waals surface area contributed by atoms with Crippen LogP contribution in [0.1, 0.15) is 11.5 Å². The number of methoxy groups -OCH3 is 1. The highest BCUT2D eigenvalue weighted by molar-refractivity contribution is 5.66. The summed E-state index contributed by atoms with van der Waals surface area (Å²) in [5, 5.41) is 1.83. The third-order valence-electron chi connectivity index (χ3n) is 3.30. The molecule has 2 unspecified atom stereocenters. The van der Waals surface area contributed by atoms with E-state index < -0.39 is 0 Å². The fourth-order valence-corrected chi connectivity index (χ4v) is 2.47. The van der Waals surface area contributed by atoms with E-state index in [1.54, 1.807) is 7.11 Å². The molecule has 3 heteroatoms. The summed E-state index contributed by atoms with van der Waals surface area (Å²) in [6.45, 7) is 0. The van der Waals surface area contributed by atoms with Crippen molar-refractivity contribution >= 4 is 5.69 Å². The molecule has 1 aliphatic heterocycles. The maximum absolute atomic E-state index is 6.10. The van der Waals surface area contributed by atoms with Gasteiger partial charge in [0.25, 0.3) is 0 Å². The Bertz CT molecular complexity index is 479. The predicted molar refractivity (Wildman–Crippen MR) is 64.5 cm³/mol. The summed E-state index contributed by atoms with van der Waals surface area (Å²) < 4.78 is 5.25. The summed E-state index contributed by atoms with van der Waals surface area (Å²) in [5.74, 6) is 7.33. The quantitative estimate of drug-likeness (QED) is 0.726. The number of hydrazine groups is 1. The number of allylic oxidation sites excluding steroid dienone is 2. The first-order valence-electron chi connectivity index (χ1n) is 5.38. The van der Waals surface area contributed by atoms with Gasteiger partial charge in [0.15, 0.2) is 0 Å². The Kier molecular flexibility index (Phi) is 2.01. The molecule has 0 bridgehead atoms. The van der Waals surface area contributed by atoms with Gasteiger partial charge in [0.1, 0.15) is 5.75 Å². The maximum Gasteiger partial charge on any atom is 0.119 e. The molecule has 0 spiro atoms. The number of rotatable bonds is 1. The molecule has 2 N–H and O–H groups in total. The van der Waals surface area contributed by atoms with Crippen LogP contribution in [0.2, 0.25) is 0 Å². The minimum Gasteiger partial charge on any atom is -0.497 e. The second-order valence-electron chi connectivity index (χ2n) is 4.12. The lowest BCUT2D eigenvalue weighted by atomic mass is 9.91. The first kappa shape index (κ1) is 9.48. The zero-order chi connectivity index (χ0) is 11.1. The number of fused-ring (bicyclic) bond motifs is 3. The molecule has 82 valence electrons. The van der Waals surface area contributed by atoms with Crippen molar-refractivity contribution in [3.63, 3.8) is 0 Å². The molecule has 0 radical (unpaired) electrons. The molecule has 3 rings (SSSR count). The van der Waals surface area contributed by atoms with Crippen molar-refractivity contribution in [2.24, 2.45) is 5.84 Å². The Morgan fingerprint density at radius 2 is 2.06 bits per heavy atom. The number of benzene rings is 1. The Morgan fingerprint density at radius 3 is 2.88 bits per heavy atom. The van der Waals surface area contributed by atoms with Gasteiger partial charge in [-0.2, -0.15) is 0 Å². The van der Waals surface area contributed by atoms with E-state index in [9.17, 15) is 0 Å². The largest absolute Gasteiger partial charge is 0.497 e. The van der Waals surface area contributed by atoms with E-state index >= 15 is 0 Å². The SMILES string of the molecule is COc1ccc2c(c1)C1C=CC=CC1N2N. The normalized spacial score (nSPS) is 25.5. The van der Waals surface area contributed by atoms with E-state index in [0.717, 1.165) is 11.4 Å². The highest BCUT2D eigenvalue weighted by Crippen LogP contribution is 2.43. The summed E-state index contributed by atoms with van der Waals surface area (Å²) in [7, 11) is 1.69. The van der Waals surface area contributed by atoms with Crippen LogP contribution in [0.5, 0.6) is 5.75 Å². The number of anilines is 1. The number of hydrogen-bond acceptors (Lipinski definition) is 3. The van der Waals surface area contributed by atoms with Crippen molar-refractivity contribution in [1.82, 2.24) is 0 Å². The number of ether oxygens (including phenoxy) is 1. The standard InChI is InChI=1S/C13H14N2O/c1-16-9-6-7-13-11(8-9)10-4-2-3-5-12(10)15(13)14/h2-8,10,12H,14H2,1H3. The van der Waals surface area contributed by atoms with Gasteiger partial charge < -0.3 is 9.75 Å². The van der Waals surface area contributed by atoms with Crippen molar-refractivity contribution in [1.29, 1.82) is 0 Å². The predicted octanol–water partition coefficient (Wildman–Crippen LogP) is 1.97. The van der Waals surface area contributed by atoms with Crippen molar-refractivity contribution < 1.29 is 4.74 Å². The van der Waals surface area contributed by atoms with Gasteiger partial charge in [-0.15, -0.1) is 0 Å². The van der Waals surface area contributed by atoms with Crippen LogP contribution in [-0.4, -0.2) is 13.2 Å². The molecule has 0 aromatic heterocycles. The van der Waals surface area contributed by atoms with E-state index in [1.807, 2.05) is 23.2 Å². The van der Waals surface area contributed by atoms with E-state index in [0.29, 0.717) is 5.92 Å². The van der Waals surface area contributed by atoms with Gasteiger partial charge in [-0.05, 0) is 23.8 Å². The zero-order valence-corrected chi connectivity index (χ0v) is 9.13. The maximum atomic E-state index is 6.10. The van der Waals surface area contributed by atoms with Crippen molar-refractivity contribution in [3.05, 3.63) is 48.1 Å². The van der Waals surface area contributed by atoms with Gasteiger partial charge in [-0.25, -0.2) is 5.84 Å². The summed E-state index contributed by atoms with van der Waals surface area (Å²) >= 11 is 0. The molecule has 2 aliphatic rings. The minimum absolute atomic E-state index is 0.243. The summed E-state index contributed by atoms with van der Waals surface area (Å²) in [5.41, 5.74) is 2.33. The molecule has 0 fully saturated rings. The Balaban J connectivity index is 2.12. The molecule has 3 nitrogen and oxygen atoms in total. The fourth-order valence-electron chi connectivity index (χ4n) is 2.47. The minimum atomic E-state index is 0.243. The van der Waals surface area contributed by atoms with E-state index in [1.165, 1.54) is 5.56 Å². The third kappa shape index (κ3) is 1.18. The lowest BCUT2D eigenvalue weighted by Gasteiger charge is -2.23. The molecule has 1 aromatic rings. The van der Waals surface area contributed by atoms with Gasteiger partial charge >= 0.3 is 0 Å². The molecule has 1 aromatic carbocycles. The highest BCUT2D eigenvalue weighted by Gasteiger charge is 2.35. The van der Waals surface area contributed by atoms with E-state index in [2.05, 4.69) is 24.3 Å². The van der Waals surface area contributed by atoms with Crippen LogP contribution >= 0.6 is 0 Å². The topological polar surface area (TPSA) is 38.5 Å². The smallest absolute Gasteiger partial charge is 0.119 e. The molecule has 1 aliphatic carbocycles. The van der Waals surface area contributed by atoms with Crippen molar-refractivity contribution in [2.45, 2.75) is 12.0 Å². The lowest BCUT2D eigenvalue weighted by Crippen LogP contribution is -2.38. The van der Waals surface area contributed by atoms with Gasteiger partial charge in [0.2, 0.25) is 0 Å². The Labute approximate surface area is 94.8 Å². The van der Waals surface area contributed by atoms with Crippen LogP contribution in [0.25, 0.3) is 0 Å². The van der Waals surface area contributed by atoms with Crippen LogP contribution in [0, 0.1) is 0 Å². The van der Waals surface area contributed by atoms with Crippen molar-refractivity contribution in [3.8, 4) is 5.75 Å². The molecule has 0 saturated carbocycles. The van der Waals surface area contributed by atoms with Crippen molar-refractivity contribution in [2.75, 3.05) is 12.1 Å². The number of nitrogens with zero attached hydrogens (tertiary/aromatic N) is 1. The zero-order valence-electron chi connectivity index (χ0n) is 9.13. The second-order valence-corrected chi connectivity index (χ2v) is 4.12. The lowest BCUT2D eigenvalue weighted by molar-refractivity contribution is 0.414. The fraction of sp³-hybridized carbons (Fsp3) is 0.231. The molecule has 0 amide bonds. The van der Waals surface area contributed by atoms with E-state index in [-0.39, 0.29) is 6.04 Å². The molecular formula is C13H14N2O. The Morgan fingerprint density at radius 1 is 1.25 bits per heavy atom. The number of hydrogen-bond donors (Lipinski definition) is 1. The third-order valence-corrected chi connectivity index (χ3v) is 3.30. The van der Waals surface area contributed by atoms with Gasteiger partial charge in [0, 0.05) is 5.92 Å². The van der Waals surface area contributed by atoms with Gasteiger partial charge in [0.05, 0.1) is 18.8 Å². The first-order chi connectivity index (χ1) is 7.81. The van der Waals surface area contributed by atoms with Crippen LogP contribution in [0.3, 0.4) is 0 Å². The number of nitrogens with two attached hydrogens (primary N) is 1. The molecule has 1 heterocycles. The van der Waals surface area contributed by atoms with Crippen LogP contribution < -0.4 is 15.6 Å². The molecule has 0 saturated heterocycles. The molecule has 16 heavy (non-hydrogen) atoms. The second kappa shape index (κ2) is 3.39. The molecular weight excluding hydrogens is 200 g/mol. The van der Waals surface area contributed by atoms with Crippen LogP contribution in [0.15, 0.2) is 42.5 Å². The van der Waals surface area contributed by atoms with E-state index in [4.69, 9.17) is 10.6 Å². The highest BCUT2D eigenvalue weighted by atomic mass is 16.5. The van der Waals surface area contributed by atoms with Gasteiger partial charge in [-0.3, -0.25) is 0 Å². The average molecular weight is 214 g/mol. The Hall–Kier alpha value is -1.74.